The fourth-order valence-corrected chi connectivity index (χ4v) is 1.28. The van der Waals surface area contributed by atoms with Crippen LogP contribution in [0, 0.1) is 5.41 Å². The van der Waals surface area contributed by atoms with Gasteiger partial charge < -0.3 is 25.0 Å². The molecule has 0 radical (unpaired) electrons. The lowest BCUT2D eigenvalue weighted by Crippen LogP contribution is -2.56. The van der Waals surface area contributed by atoms with E-state index in [-0.39, 0.29) is 13.2 Å². The zero-order valence-corrected chi connectivity index (χ0v) is 12.5. The highest BCUT2D eigenvalue weighted by Crippen LogP contribution is 2.30. The summed E-state index contributed by atoms with van der Waals surface area (Å²) in [6.45, 7) is 8.30. The van der Waals surface area contributed by atoms with Gasteiger partial charge in [-0.05, 0) is 27.7 Å². The molecule has 1 unspecified atom stereocenters. The van der Waals surface area contributed by atoms with Gasteiger partial charge in [0.05, 0.1) is 31.3 Å². The molecule has 0 aliphatic heterocycles. The maximum atomic E-state index is 11.2. The van der Waals surface area contributed by atoms with Crippen molar-refractivity contribution in [2.24, 2.45) is 5.41 Å². The number of carboxylic acids is 1. The van der Waals surface area contributed by atoms with E-state index in [0.29, 0.717) is 13.2 Å². The molecule has 19 heavy (non-hydrogen) atoms. The Morgan fingerprint density at radius 3 is 2.32 bits per heavy atom. The molecular formula is C13H27NO5. The van der Waals surface area contributed by atoms with E-state index in [0.717, 1.165) is 0 Å². The lowest BCUT2D eigenvalue weighted by Gasteiger charge is -2.39. The van der Waals surface area contributed by atoms with Crippen LogP contribution >= 0.6 is 0 Å². The van der Waals surface area contributed by atoms with Gasteiger partial charge in [-0.15, -0.1) is 0 Å². The maximum Gasteiger partial charge on any atom is 0.310 e. The van der Waals surface area contributed by atoms with Crippen LogP contribution in [0.25, 0.3) is 0 Å². The Labute approximate surface area is 115 Å². The van der Waals surface area contributed by atoms with Crippen LogP contribution in [0.4, 0.5) is 0 Å². The number of nitrogens with one attached hydrogen (secondary N) is 1. The third kappa shape index (κ3) is 5.86. The van der Waals surface area contributed by atoms with E-state index in [4.69, 9.17) is 9.47 Å². The van der Waals surface area contributed by atoms with Gasteiger partial charge in [0, 0.05) is 19.2 Å². The zero-order valence-electron chi connectivity index (χ0n) is 12.5. The van der Waals surface area contributed by atoms with Crippen molar-refractivity contribution in [1.82, 2.24) is 5.32 Å². The molecule has 0 rings (SSSR count). The first-order valence-corrected chi connectivity index (χ1v) is 6.38. The van der Waals surface area contributed by atoms with E-state index in [1.807, 2.05) is 0 Å². The summed E-state index contributed by atoms with van der Waals surface area (Å²) in [4.78, 5) is 11.2. The number of hydrogen-bond donors (Lipinski definition) is 3. The highest BCUT2D eigenvalue weighted by Gasteiger charge is 2.43. The van der Waals surface area contributed by atoms with Crippen molar-refractivity contribution >= 4 is 5.97 Å². The maximum absolute atomic E-state index is 11.2. The molecule has 6 nitrogen and oxygen atoms in total. The van der Waals surface area contributed by atoms with Gasteiger partial charge in [0.15, 0.2) is 0 Å². The fourth-order valence-electron chi connectivity index (χ4n) is 1.28. The van der Waals surface area contributed by atoms with E-state index >= 15 is 0 Å². The topological polar surface area (TPSA) is 88.0 Å². The zero-order chi connectivity index (χ0) is 15.1. The second kappa shape index (κ2) is 7.79. The van der Waals surface area contributed by atoms with Crippen molar-refractivity contribution in [3.8, 4) is 0 Å². The smallest absolute Gasteiger partial charge is 0.310 e. The van der Waals surface area contributed by atoms with Gasteiger partial charge in [0.25, 0.3) is 0 Å². The summed E-state index contributed by atoms with van der Waals surface area (Å²) in [5, 5.41) is 22.0. The Bertz CT molecular complexity index is 278. The molecule has 0 amide bonds. The minimum absolute atomic E-state index is 0.194. The molecule has 0 fully saturated rings. The number of ether oxygens (including phenoxy) is 2. The molecular weight excluding hydrogens is 250 g/mol. The quantitative estimate of drug-likeness (QED) is 0.504. The summed E-state index contributed by atoms with van der Waals surface area (Å²) in [5.41, 5.74) is -1.59. The molecule has 1 atom stereocenters. The fraction of sp³-hybridized carbons (Fsp3) is 0.923. The summed E-state index contributed by atoms with van der Waals surface area (Å²) in [6, 6.07) is 0. The Balaban J connectivity index is 4.13. The second-order valence-electron chi connectivity index (χ2n) is 5.66. The molecule has 0 aromatic heterocycles. The van der Waals surface area contributed by atoms with Crippen LogP contribution < -0.4 is 5.32 Å². The van der Waals surface area contributed by atoms with Gasteiger partial charge in [-0.3, -0.25) is 4.79 Å². The number of rotatable bonds is 10. The number of aliphatic hydroxyl groups is 1. The molecule has 0 saturated heterocycles. The number of carboxylic acid groups (broad SMARTS) is 1. The van der Waals surface area contributed by atoms with E-state index in [9.17, 15) is 15.0 Å². The standard InChI is InChI=1S/C13H27NO5/c1-12(2,11(16)17)13(3,4)14-8-10(15)9-19-7-6-18-5/h10,14-15H,6-9H2,1-5H3,(H,16,17). The highest BCUT2D eigenvalue weighted by molar-refractivity contribution is 5.75. The van der Waals surface area contributed by atoms with Crippen LogP contribution in [0.1, 0.15) is 27.7 Å². The van der Waals surface area contributed by atoms with Crippen molar-refractivity contribution in [3.05, 3.63) is 0 Å². The first-order chi connectivity index (χ1) is 8.65. The number of β-amino-alcohol motifs (C(OH)–C–C–N with tert-alkyl or cyclic N) is 1. The monoisotopic (exact) mass is 277 g/mol. The lowest BCUT2D eigenvalue weighted by atomic mass is 9.74. The summed E-state index contributed by atoms with van der Waals surface area (Å²) in [6.07, 6.45) is -0.680. The van der Waals surface area contributed by atoms with Crippen LogP contribution in [0.3, 0.4) is 0 Å². The number of methoxy groups -OCH3 is 1. The van der Waals surface area contributed by atoms with E-state index in [1.165, 1.54) is 0 Å². The highest BCUT2D eigenvalue weighted by atomic mass is 16.5. The molecule has 0 aliphatic rings. The Kier molecular flexibility index (Phi) is 7.51. The Hall–Kier alpha value is -0.690. The Morgan fingerprint density at radius 1 is 1.26 bits per heavy atom. The van der Waals surface area contributed by atoms with Crippen LogP contribution in [-0.2, 0) is 14.3 Å². The number of aliphatic carboxylic acids is 1. The molecule has 114 valence electrons. The molecule has 0 saturated carbocycles. The van der Waals surface area contributed by atoms with Crippen molar-refractivity contribution in [2.45, 2.75) is 39.3 Å². The molecule has 3 N–H and O–H groups in total. The lowest BCUT2D eigenvalue weighted by molar-refractivity contribution is -0.151. The predicted octanol–water partition coefficient (Wildman–Crippen LogP) is 0.489. The molecule has 0 aromatic carbocycles. The van der Waals surface area contributed by atoms with Gasteiger partial charge in [-0.25, -0.2) is 0 Å². The summed E-state index contributed by atoms with van der Waals surface area (Å²) < 4.78 is 10.0. The summed E-state index contributed by atoms with van der Waals surface area (Å²) in [5.74, 6) is -0.879. The molecule has 0 heterocycles. The van der Waals surface area contributed by atoms with Crippen molar-refractivity contribution in [3.63, 3.8) is 0 Å². The molecule has 0 spiro atoms. The minimum atomic E-state index is -0.941. The van der Waals surface area contributed by atoms with Gasteiger partial charge in [0.1, 0.15) is 0 Å². The molecule has 6 heteroatoms. The van der Waals surface area contributed by atoms with Crippen molar-refractivity contribution < 1.29 is 24.5 Å². The minimum Gasteiger partial charge on any atom is -0.481 e. The van der Waals surface area contributed by atoms with E-state index < -0.39 is 23.0 Å². The predicted molar refractivity (Wildman–Crippen MR) is 72.2 cm³/mol. The molecule has 0 aromatic rings. The van der Waals surface area contributed by atoms with Gasteiger partial charge >= 0.3 is 5.97 Å². The third-order valence-electron chi connectivity index (χ3n) is 3.62. The van der Waals surface area contributed by atoms with Gasteiger partial charge in [-0.1, -0.05) is 0 Å². The molecule has 0 aliphatic carbocycles. The largest absolute Gasteiger partial charge is 0.481 e. The van der Waals surface area contributed by atoms with E-state index in [2.05, 4.69) is 5.32 Å². The van der Waals surface area contributed by atoms with Crippen LogP contribution in [0.15, 0.2) is 0 Å². The van der Waals surface area contributed by atoms with Crippen LogP contribution in [0.2, 0.25) is 0 Å². The van der Waals surface area contributed by atoms with Crippen molar-refractivity contribution in [1.29, 1.82) is 0 Å². The number of carbonyl (C=O) groups is 1. The third-order valence-corrected chi connectivity index (χ3v) is 3.62. The van der Waals surface area contributed by atoms with Crippen LogP contribution in [0.5, 0.6) is 0 Å². The summed E-state index contributed by atoms with van der Waals surface area (Å²) >= 11 is 0. The van der Waals surface area contributed by atoms with Gasteiger partial charge in [0.2, 0.25) is 0 Å². The second-order valence-corrected chi connectivity index (χ2v) is 5.66. The Morgan fingerprint density at radius 2 is 1.84 bits per heavy atom. The van der Waals surface area contributed by atoms with Gasteiger partial charge in [-0.2, -0.15) is 0 Å². The van der Waals surface area contributed by atoms with E-state index in [1.54, 1.807) is 34.8 Å². The van der Waals surface area contributed by atoms with Crippen LogP contribution in [-0.4, -0.2) is 61.3 Å². The average molecular weight is 277 g/mol. The SMILES string of the molecule is COCCOCC(O)CNC(C)(C)C(C)(C)C(=O)O. The average Bonchev–Trinajstić information content (AvgIpc) is 2.31. The normalized spacial score (nSPS) is 14.4. The number of hydrogen-bond acceptors (Lipinski definition) is 5. The van der Waals surface area contributed by atoms with Crippen molar-refractivity contribution in [2.75, 3.05) is 33.5 Å². The molecule has 0 bridgehead atoms. The summed E-state index contributed by atoms with van der Waals surface area (Å²) in [7, 11) is 1.58. The number of aliphatic hydroxyl groups excluding tert-OH is 1. The first-order valence-electron chi connectivity index (χ1n) is 6.38. The first kappa shape index (κ1) is 18.3.